The van der Waals surface area contributed by atoms with E-state index in [-0.39, 0.29) is 23.1 Å². The standard InChI is InChI=1S/C15H20N2O3/c1-16-9-7-11(8-10-16)17(2)14(18)12-5-3-4-6-13(12)15(19)20/h3-6,11H,7-10H2,1-2H3,(H,19,20). The molecule has 2 rings (SSSR count). The van der Waals surface area contributed by atoms with Gasteiger partial charge in [0.2, 0.25) is 0 Å². The second-order valence-corrected chi connectivity index (χ2v) is 5.44. The summed E-state index contributed by atoms with van der Waals surface area (Å²) < 4.78 is 0. The van der Waals surface area contributed by atoms with Crippen molar-refractivity contribution in [1.82, 2.24) is 4.90 Å². The van der Waals surface area contributed by atoms with E-state index in [2.05, 4.69) is 7.05 Å². The predicted octanol–water partition coefficient (Wildman–Crippen LogP) is -1.20. The number of carboxylic acid groups (broad SMARTS) is 1. The number of hydrogen-bond acceptors (Lipinski definition) is 3. The molecule has 5 nitrogen and oxygen atoms in total. The number of aromatic carboxylic acids is 1. The third-order valence-electron chi connectivity index (χ3n) is 4.05. The highest BCUT2D eigenvalue weighted by Gasteiger charge is 2.27. The summed E-state index contributed by atoms with van der Waals surface area (Å²) in [4.78, 5) is 26.7. The molecule has 0 atom stereocenters. The average Bonchev–Trinajstić information content (AvgIpc) is 2.46. The lowest BCUT2D eigenvalue weighted by atomic mass is 10.0. The highest BCUT2D eigenvalue weighted by Crippen LogP contribution is 2.15. The van der Waals surface area contributed by atoms with Gasteiger partial charge in [0.1, 0.15) is 0 Å². The van der Waals surface area contributed by atoms with Crippen LogP contribution in [0.5, 0.6) is 0 Å². The molecule has 1 fully saturated rings. The van der Waals surface area contributed by atoms with Crippen molar-refractivity contribution in [2.75, 3.05) is 27.2 Å². The molecule has 0 unspecified atom stereocenters. The Morgan fingerprint density at radius 1 is 1.20 bits per heavy atom. The lowest BCUT2D eigenvalue weighted by Gasteiger charge is -2.33. The van der Waals surface area contributed by atoms with E-state index in [1.54, 1.807) is 30.1 Å². The molecule has 1 aromatic rings. The van der Waals surface area contributed by atoms with Crippen molar-refractivity contribution in [2.45, 2.75) is 18.9 Å². The Kier molecular flexibility index (Phi) is 4.39. The summed E-state index contributed by atoms with van der Waals surface area (Å²) >= 11 is 0. The topological polar surface area (TPSA) is 64.9 Å². The summed E-state index contributed by atoms with van der Waals surface area (Å²) in [7, 11) is 3.89. The highest BCUT2D eigenvalue weighted by molar-refractivity contribution is 6.04. The van der Waals surface area contributed by atoms with Crippen molar-refractivity contribution in [3.63, 3.8) is 0 Å². The molecule has 1 aliphatic heterocycles. The highest BCUT2D eigenvalue weighted by atomic mass is 16.4. The predicted molar refractivity (Wildman–Crippen MR) is 72.5 cm³/mol. The number of piperidine rings is 1. The first-order valence-corrected chi connectivity index (χ1v) is 6.89. The first-order chi connectivity index (χ1) is 9.50. The summed E-state index contributed by atoms with van der Waals surface area (Å²) in [5.41, 5.74) is 0.171. The molecule has 1 amide bonds. The molecule has 0 aromatic heterocycles. The van der Waals surface area contributed by atoms with E-state index < -0.39 is 5.97 Å². The summed E-state index contributed by atoms with van der Waals surface area (Å²) in [6, 6.07) is 6.41. The van der Waals surface area contributed by atoms with E-state index in [0.29, 0.717) is 0 Å². The molecule has 108 valence electrons. The molecule has 5 heteroatoms. The normalized spacial score (nSPS) is 22.3. The largest absolute Gasteiger partial charge is 0.545 e. The minimum Gasteiger partial charge on any atom is -0.545 e. The Morgan fingerprint density at radius 2 is 1.75 bits per heavy atom. The Hall–Kier alpha value is -1.88. The quantitative estimate of drug-likeness (QED) is 0.754. The van der Waals surface area contributed by atoms with Gasteiger partial charge in [-0.25, -0.2) is 0 Å². The van der Waals surface area contributed by atoms with Crippen molar-refractivity contribution in [3.05, 3.63) is 35.4 Å². The molecule has 20 heavy (non-hydrogen) atoms. The second-order valence-electron chi connectivity index (χ2n) is 5.44. The van der Waals surface area contributed by atoms with Gasteiger partial charge in [-0.15, -0.1) is 0 Å². The first-order valence-electron chi connectivity index (χ1n) is 6.89. The number of amides is 1. The Bertz CT molecular complexity index is 508. The molecule has 1 aromatic carbocycles. The van der Waals surface area contributed by atoms with Gasteiger partial charge in [-0.3, -0.25) is 4.79 Å². The summed E-state index contributed by atoms with van der Waals surface area (Å²) in [6.07, 6.45) is 1.89. The molecule has 0 bridgehead atoms. The molecule has 0 radical (unpaired) electrons. The number of carboxylic acids is 1. The summed E-state index contributed by atoms with van der Waals surface area (Å²) in [5, 5.41) is 11.1. The van der Waals surface area contributed by atoms with Crippen LogP contribution in [0.15, 0.2) is 24.3 Å². The van der Waals surface area contributed by atoms with Gasteiger partial charge in [0.25, 0.3) is 5.91 Å². The third-order valence-corrected chi connectivity index (χ3v) is 4.05. The van der Waals surface area contributed by atoms with Gasteiger partial charge < -0.3 is 19.7 Å². The van der Waals surface area contributed by atoms with E-state index >= 15 is 0 Å². The van der Waals surface area contributed by atoms with Gasteiger partial charge in [-0.1, -0.05) is 18.2 Å². The van der Waals surface area contributed by atoms with Gasteiger partial charge >= 0.3 is 0 Å². The van der Waals surface area contributed by atoms with E-state index in [9.17, 15) is 14.7 Å². The van der Waals surface area contributed by atoms with E-state index in [4.69, 9.17) is 0 Å². The summed E-state index contributed by atoms with van der Waals surface area (Å²) in [6.45, 7) is 2.06. The average molecular weight is 276 g/mol. The van der Waals surface area contributed by atoms with Crippen LogP contribution in [0.4, 0.5) is 0 Å². The number of nitrogens with zero attached hydrogens (tertiary/aromatic N) is 1. The zero-order valence-electron chi connectivity index (χ0n) is 11.9. The number of nitrogens with one attached hydrogen (secondary N) is 1. The van der Waals surface area contributed by atoms with Crippen molar-refractivity contribution < 1.29 is 19.6 Å². The number of quaternary nitrogens is 1. The molecular formula is C15H20N2O3. The van der Waals surface area contributed by atoms with Crippen molar-refractivity contribution >= 4 is 11.9 Å². The Balaban J connectivity index is 2.17. The smallest absolute Gasteiger partial charge is 0.254 e. The van der Waals surface area contributed by atoms with Crippen LogP contribution < -0.4 is 10.0 Å². The fraction of sp³-hybridized carbons (Fsp3) is 0.467. The molecule has 1 N–H and O–H groups in total. The van der Waals surface area contributed by atoms with Crippen molar-refractivity contribution in [2.24, 2.45) is 0 Å². The number of carbonyl (C=O) groups excluding carboxylic acids is 2. The van der Waals surface area contributed by atoms with Gasteiger partial charge in [0, 0.05) is 37.1 Å². The van der Waals surface area contributed by atoms with Crippen LogP contribution in [-0.2, 0) is 0 Å². The number of likely N-dealkylation sites (tertiary alicyclic amines) is 1. The fourth-order valence-corrected chi connectivity index (χ4v) is 2.69. The first kappa shape index (κ1) is 14.5. The SMILES string of the molecule is CN(C(=O)c1ccccc1C(=O)[O-])C1CC[NH+](C)CC1. The van der Waals surface area contributed by atoms with E-state index in [0.717, 1.165) is 25.9 Å². The zero-order valence-corrected chi connectivity index (χ0v) is 11.9. The monoisotopic (exact) mass is 276 g/mol. The van der Waals surface area contributed by atoms with Gasteiger partial charge in [-0.2, -0.15) is 0 Å². The van der Waals surface area contributed by atoms with Crippen LogP contribution in [0.1, 0.15) is 33.6 Å². The van der Waals surface area contributed by atoms with Gasteiger partial charge in [0.05, 0.1) is 26.1 Å². The molecule has 0 saturated carbocycles. The lowest BCUT2D eigenvalue weighted by Crippen LogP contribution is -3.10. The second kappa shape index (κ2) is 6.05. The van der Waals surface area contributed by atoms with Crippen LogP contribution in [0, 0.1) is 0 Å². The Morgan fingerprint density at radius 3 is 2.30 bits per heavy atom. The summed E-state index contributed by atoms with van der Waals surface area (Å²) in [5.74, 6) is -1.55. The molecule has 1 aliphatic rings. The van der Waals surface area contributed by atoms with Crippen molar-refractivity contribution in [3.8, 4) is 0 Å². The fourth-order valence-electron chi connectivity index (χ4n) is 2.69. The van der Waals surface area contributed by atoms with Crippen LogP contribution in [0.25, 0.3) is 0 Å². The number of benzene rings is 1. The third kappa shape index (κ3) is 2.99. The maximum atomic E-state index is 12.5. The maximum absolute atomic E-state index is 12.5. The molecule has 0 aliphatic carbocycles. The number of carbonyl (C=O) groups is 2. The molecular weight excluding hydrogens is 256 g/mol. The van der Waals surface area contributed by atoms with Crippen LogP contribution in [0.2, 0.25) is 0 Å². The number of rotatable bonds is 3. The van der Waals surface area contributed by atoms with Crippen molar-refractivity contribution in [1.29, 1.82) is 0 Å². The number of hydrogen-bond donors (Lipinski definition) is 1. The van der Waals surface area contributed by atoms with E-state index in [1.165, 1.54) is 11.0 Å². The van der Waals surface area contributed by atoms with Gasteiger partial charge in [0.15, 0.2) is 0 Å². The minimum absolute atomic E-state index is 0.0390. The molecule has 1 heterocycles. The molecule has 1 saturated heterocycles. The minimum atomic E-state index is -1.31. The Labute approximate surface area is 118 Å². The maximum Gasteiger partial charge on any atom is 0.254 e. The zero-order chi connectivity index (χ0) is 14.7. The van der Waals surface area contributed by atoms with E-state index in [1.807, 2.05) is 0 Å². The van der Waals surface area contributed by atoms with Crippen LogP contribution in [0.3, 0.4) is 0 Å². The van der Waals surface area contributed by atoms with Gasteiger partial charge in [-0.05, 0) is 6.07 Å². The van der Waals surface area contributed by atoms with Crippen LogP contribution in [-0.4, -0.2) is 50.0 Å². The van der Waals surface area contributed by atoms with Crippen LogP contribution >= 0.6 is 0 Å². The lowest BCUT2D eigenvalue weighted by molar-refractivity contribution is -0.885. The molecule has 0 spiro atoms.